The highest BCUT2D eigenvalue weighted by atomic mass is 19.1. The van der Waals surface area contributed by atoms with Crippen molar-refractivity contribution < 1.29 is 9.13 Å². The van der Waals surface area contributed by atoms with E-state index in [0.29, 0.717) is 24.1 Å². The maximum Gasteiger partial charge on any atom is 0.162 e. The third-order valence-electron chi connectivity index (χ3n) is 2.36. The Morgan fingerprint density at radius 1 is 1.28 bits per heavy atom. The van der Waals surface area contributed by atoms with Crippen molar-refractivity contribution in [2.24, 2.45) is 5.92 Å². The van der Waals surface area contributed by atoms with Gasteiger partial charge in [-0.05, 0) is 30.2 Å². The maximum atomic E-state index is 12.7. The van der Waals surface area contributed by atoms with E-state index in [4.69, 9.17) is 4.74 Å². The molecular formula is C13H16FN3O. The van der Waals surface area contributed by atoms with Gasteiger partial charge in [-0.1, -0.05) is 13.8 Å². The molecule has 1 heterocycles. The lowest BCUT2D eigenvalue weighted by Crippen LogP contribution is -1.99. The average molecular weight is 249 g/mol. The summed E-state index contributed by atoms with van der Waals surface area (Å²) in [7, 11) is 0. The molecule has 0 unspecified atom stereocenters. The molecule has 0 amide bonds. The Kier molecular flexibility index (Phi) is 3.92. The van der Waals surface area contributed by atoms with Gasteiger partial charge in [-0.2, -0.15) is 5.10 Å². The van der Waals surface area contributed by atoms with Crippen molar-refractivity contribution in [2.45, 2.75) is 26.9 Å². The maximum absolute atomic E-state index is 12.7. The molecule has 0 saturated heterocycles. The topological polar surface area (TPSA) is 50.8 Å². The summed E-state index contributed by atoms with van der Waals surface area (Å²) in [6.07, 6.45) is 0.840. The van der Waals surface area contributed by atoms with Crippen molar-refractivity contribution >= 4 is 0 Å². The number of nitrogens with zero attached hydrogens (tertiary/aromatic N) is 2. The van der Waals surface area contributed by atoms with E-state index in [1.165, 1.54) is 12.1 Å². The van der Waals surface area contributed by atoms with E-state index in [-0.39, 0.29) is 5.82 Å². The summed E-state index contributed by atoms with van der Waals surface area (Å²) in [5, 5.41) is 6.94. The van der Waals surface area contributed by atoms with Crippen LogP contribution < -0.4 is 4.74 Å². The van der Waals surface area contributed by atoms with E-state index in [0.717, 1.165) is 12.2 Å². The Bertz CT molecular complexity index is 493. The van der Waals surface area contributed by atoms with E-state index in [1.807, 2.05) is 0 Å². The number of nitrogens with one attached hydrogen (secondary N) is 1. The molecule has 0 fully saturated rings. The fraction of sp³-hybridized carbons (Fsp3) is 0.385. The number of hydrogen-bond donors (Lipinski definition) is 1. The molecule has 1 aromatic heterocycles. The van der Waals surface area contributed by atoms with Crippen molar-refractivity contribution in [1.82, 2.24) is 15.2 Å². The zero-order valence-corrected chi connectivity index (χ0v) is 10.5. The Labute approximate surface area is 105 Å². The minimum Gasteiger partial charge on any atom is -0.486 e. The number of aromatic amines is 1. The van der Waals surface area contributed by atoms with E-state index in [1.54, 1.807) is 12.1 Å². The van der Waals surface area contributed by atoms with Crippen LogP contribution in [-0.2, 0) is 13.0 Å². The molecule has 1 N–H and O–H groups in total. The number of H-pyrrole nitrogens is 1. The lowest BCUT2D eigenvalue weighted by molar-refractivity contribution is 0.296. The molecular weight excluding hydrogens is 233 g/mol. The molecule has 0 aliphatic heterocycles. The van der Waals surface area contributed by atoms with Gasteiger partial charge in [0.15, 0.2) is 11.6 Å². The molecule has 96 valence electrons. The van der Waals surface area contributed by atoms with Gasteiger partial charge < -0.3 is 4.74 Å². The summed E-state index contributed by atoms with van der Waals surface area (Å²) >= 11 is 0. The summed E-state index contributed by atoms with van der Waals surface area (Å²) in [5.74, 6) is 2.32. The standard InChI is InChI=1S/C13H16FN3O/c1-9(2)7-12-15-13(17-16-12)8-18-11-5-3-10(14)4-6-11/h3-6,9H,7-8H2,1-2H3,(H,15,16,17). The highest BCUT2D eigenvalue weighted by molar-refractivity contribution is 5.22. The summed E-state index contributed by atoms with van der Waals surface area (Å²) in [5.41, 5.74) is 0. The first-order valence-corrected chi connectivity index (χ1v) is 5.92. The molecule has 5 heteroatoms. The third-order valence-corrected chi connectivity index (χ3v) is 2.36. The fourth-order valence-electron chi connectivity index (χ4n) is 1.54. The van der Waals surface area contributed by atoms with Crippen LogP contribution in [0.1, 0.15) is 25.5 Å². The van der Waals surface area contributed by atoms with Gasteiger partial charge in [-0.25, -0.2) is 9.37 Å². The van der Waals surface area contributed by atoms with E-state index in [9.17, 15) is 4.39 Å². The molecule has 0 radical (unpaired) electrons. The number of hydrogen-bond acceptors (Lipinski definition) is 3. The third kappa shape index (κ3) is 3.55. The SMILES string of the molecule is CC(C)Cc1n[nH]c(COc2ccc(F)cc2)n1. The first kappa shape index (κ1) is 12.5. The molecule has 0 bridgehead atoms. The number of rotatable bonds is 5. The Morgan fingerprint density at radius 2 is 2.00 bits per heavy atom. The molecule has 1 aromatic carbocycles. The van der Waals surface area contributed by atoms with Crippen LogP contribution in [-0.4, -0.2) is 15.2 Å². The Balaban J connectivity index is 1.90. The van der Waals surface area contributed by atoms with Gasteiger partial charge in [0.25, 0.3) is 0 Å². The molecule has 0 aliphatic carbocycles. The van der Waals surface area contributed by atoms with Gasteiger partial charge in [-0.3, -0.25) is 5.10 Å². The van der Waals surface area contributed by atoms with Crippen LogP contribution in [0.5, 0.6) is 5.75 Å². The highest BCUT2D eigenvalue weighted by Crippen LogP contribution is 2.12. The summed E-state index contributed by atoms with van der Waals surface area (Å²) in [6.45, 7) is 4.53. The van der Waals surface area contributed by atoms with E-state index < -0.39 is 0 Å². The van der Waals surface area contributed by atoms with Crippen molar-refractivity contribution in [2.75, 3.05) is 0 Å². The average Bonchev–Trinajstić information content (AvgIpc) is 2.75. The fourth-order valence-corrected chi connectivity index (χ4v) is 1.54. The zero-order valence-electron chi connectivity index (χ0n) is 10.5. The second kappa shape index (κ2) is 5.62. The number of halogens is 1. The normalized spacial score (nSPS) is 10.9. The number of benzene rings is 1. The van der Waals surface area contributed by atoms with Crippen LogP contribution in [0.25, 0.3) is 0 Å². The summed E-state index contributed by atoms with van der Waals surface area (Å²) < 4.78 is 18.2. The zero-order chi connectivity index (χ0) is 13.0. The molecule has 2 rings (SSSR count). The minimum absolute atomic E-state index is 0.277. The molecule has 2 aromatic rings. The molecule has 0 aliphatic rings. The molecule has 0 spiro atoms. The van der Waals surface area contributed by atoms with Crippen LogP contribution >= 0.6 is 0 Å². The second-order valence-corrected chi connectivity index (χ2v) is 4.54. The summed E-state index contributed by atoms with van der Waals surface area (Å²) in [6, 6.07) is 5.89. The quantitative estimate of drug-likeness (QED) is 0.886. The minimum atomic E-state index is -0.277. The van der Waals surface area contributed by atoms with Crippen LogP contribution in [0, 0.1) is 11.7 Å². The molecule has 4 nitrogen and oxygen atoms in total. The largest absolute Gasteiger partial charge is 0.486 e. The lowest BCUT2D eigenvalue weighted by atomic mass is 10.1. The lowest BCUT2D eigenvalue weighted by Gasteiger charge is -2.02. The van der Waals surface area contributed by atoms with Crippen LogP contribution in [0.15, 0.2) is 24.3 Å². The first-order valence-electron chi connectivity index (χ1n) is 5.92. The molecule has 0 saturated carbocycles. The van der Waals surface area contributed by atoms with E-state index >= 15 is 0 Å². The molecule has 0 atom stereocenters. The van der Waals surface area contributed by atoms with Crippen LogP contribution in [0.2, 0.25) is 0 Å². The van der Waals surface area contributed by atoms with Crippen molar-refractivity contribution in [1.29, 1.82) is 0 Å². The van der Waals surface area contributed by atoms with Gasteiger partial charge in [0, 0.05) is 6.42 Å². The predicted octanol–water partition coefficient (Wildman–Crippen LogP) is 2.72. The Morgan fingerprint density at radius 3 is 2.67 bits per heavy atom. The monoisotopic (exact) mass is 249 g/mol. The smallest absolute Gasteiger partial charge is 0.162 e. The molecule has 18 heavy (non-hydrogen) atoms. The first-order chi connectivity index (χ1) is 8.63. The van der Waals surface area contributed by atoms with Gasteiger partial charge >= 0.3 is 0 Å². The van der Waals surface area contributed by atoms with Crippen LogP contribution in [0.3, 0.4) is 0 Å². The van der Waals surface area contributed by atoms with Crippen molar-refractivity contribution in [3.63, 3.8) is 0 Å². The number of aromatic nitrogens is 3. The highest BCUT2D eigenvalue weighted by Gasteiger charge is 2.06. The predicted molar refractivity (Wildman–Crippen MR) is 65.7 cm³/mol. The van der Waals surface area contributed by atoms with Gasteiger partial charge in [-0.15, -0.1) is 0 Å². The summed E-state index contributed by atoms with van der Waals surface area (Å²) in [4.78, 5) is 4.32. The van der Waals surface area contributed by atoms with Crippen LogP contribution in [0.4, 0.5) is 4.39 Å². The van der Waals surface area contributed by atoms with E-state index in [2.05, 4.69) is 29.0 Å². The number of ether oxygens (including phenoxy) is 1. The van der Waals surface area contributed by atoms with Gasteiger partial charge in [0.1, 0.15) is 18.2 Å². The second-order valence-electron chi connectivity index (χ2n) is 4.54. The van der Waals surface area contributed by atoms with Gasteiger partial charge in [0.2, 0.25) is 0 Å². The Hall–Kier alpha value is -1.91. The van der Waals surface area contributed by atoms with Gasteiger partial charge in [0.05, 0.1) is 0 Å². The van der Waals surface area contributed by atoms with Crippen molar-refractivity contribution in [3.8, 4) is 5.75 Å². The van der Waals surface area contributed by atoms with Crippen molar-refractivity contribution in [3.05, 3.63) is 41.7 Å².